The number of aromatic nitrogens is 2. The fourth-order valence-corrected chi connectivity index (χ4v) is 4.79. The van der Waals surface area contributed by atoms with Crippen molar-refractivity contribution in [2.24, 2.45) is 7.05 Å². The van der Waals surface area contributed by atoms with Gasteiger partial charge in [-0.3, -0.25) is 9.13 Å². The van der Waals surface area contributed by atoms with Gasteiger partial charge >= 0.3 is 11.8 Å². The smallest absolute Gasteiger partial charge is 0.410 e. The van der Waals surface area contributed by atoms with Crippen LogP contribution >= 0.6 is 0 Å². The van der Waals surface area contributed by atoms with Crippen LogP contribution in [0.2, 0.25) is 0 Å². The first kappa shape index (κ1) is 26.6. The van der Waals surface area contributed by atoms with Crippen LogP contribution in [-0.2, 0) is 18.2 Å². The Balaban J connectivity index is 1.54. The molecule has 1 saturated heterocycles. The quantitative estimate of drug-likeness (QED) is 0.469. The molecule has 0 bridgehead atoms. The molecule has 1 aromatic carbocycles. The second kappa shape index (κ2) is 11.2. The predicted octanol–water partition coefficient (Wildman–Crippen LogP) is 5.65. The van der Waals surface area contributed by atoms with Gasteiger partial charge in [-0.05, 0) is 64.5 Å². The van der Waals surface area contributed by atoms with Crippen LogP contribution in [0.3, 0.4) is 0 Å². The molecular weight excluding hydrogens is 440 g/mol. The number of para-hydroxylation sites is 1. The number of allylic oxidation sites excluding steroid dienone is 2. The number of rotatable bonds is 9. The molecule has 1 N–H and O–H groups in total. The Labute approximate surface area is 209 Å². The van der Waals surface area contributed by atoms with Crippen LogP contribution in [0.15, 0.2) is 47.5 Å². The van der Waals surface area contributed by atoms with E-state index in [1.165, 1.54) is 5.56 Å². The van der Waals surface area contributed by atoms with E-state index in [1.54, 1.807) is 16.5 Å². The molecule has 2 heterocycles. The van der Waals surface area contributed by atoms with E-state index in [-0.39, 0.29) is 17.8 Å². The standard InChI is InChI=1S/C28H42N4O3/c1-20-17-18-23(21(2)29-20)32-24-16-13-15-22(25(24)31(7)26(32)33)14-11-9-8-10-12-19-30(6)27(34)35-28(3,4)5/h13,15-16,23,29H,1-2,8-12,14,17-19H2,3-7H3. The molecule has 1 unspecified atom stereocenters. The van der Waals surface area contributed by atoms with Crippen LogP contribution in [-0.4, -0.2) is 39.3 Å². The highest BCUT2D eigenvalue weighted by Gasteiger charge is 2.26. The van der Waals surface area contributed by atoms with Crippen molar-refractivity contribution in [3.63, 3.8) is 0 Å². The van der Waals surface area contributed by atoms with Crippen molar-refractivity contribution in [1.29, 1.82) is 0 Å². The molecule has 192 valence electrons. The van der Waals surface area contributed by atoms with E-state index in [1.807, 2.05) is 38.5 Å². The van der Waals surface area contributed by atoms with E-state index >= 15 is 0 Å². The monoisotopic (exact) mass is 482 g/mol. The SMILES string of the molecule is C=C1CCC(n2c(=O)n(C)c3c(CCCCCCCN(C)C(=O)OC(C)(C)C)cccc32)C(=C)N1. The van der Waals surface area contributed by atoms with Gasteiger partial charge in [0.2, 0.25) is 0 Å². The van der Waals surface area contributed by atoms with E-state index in [2.05, 4.69) is 30.6 Å². The molecule has 1 aliphatic rings. The molecule has 1 amide bonds. The number of carbonyl (C=O) groups is 1. The molecule has 0 saturated carbocycles. The van der Waals surface area contributed by atoms with Gasteiger partial charge < -0.3 is 15.0 Å². The first-order valence-electron chi connectivity index (χ1n) is 12.8. The molecule has 1 aliphatic heterocycles. The average Bonchev–Trinajstić information content (AvgIpc) is 3.02. The van der Waals surface area contributed by atoms with Crippen LogP contribution in [0.1, 0.15) is 77.3 Å². The molecule has 7 nitrogen and oxygen atoms in total. The van der Waals surface area contributed by atoms with Gasteiger partial charge in [-0.15, -0.1) is 0 Å². The lowest BCUT2D eigenvalue weighted by Gasteiger charge is -2.28. The van der Waals surface area contributed by atoms with Gasteiger partial charge in [0.15, 0.2) is 0 Å². The molecule has 3 rings (SSSR count). The zero-order valence-electron chi connectivity index (χ0n) is 22.2. The van der Waals surface area contributed by atoms with Crippen molar-refractivity contribution < 1.29 is 9.53 Å². The maximum Gasteiger partial charge on any atom is 0.410 e. The van der Waals surface area contributed by atoms with Gasteiger partial charge in [-0.2, -0.15) is 0 Å². The number of nitrogens with one attached hydrogen (secondary N) is 1. The summed E-state index contributed by atoms with van der Waals surface area (Å²) in [6, 6.07) is 6.17. The molecule has 0 radical (unpaired) electrons. The van der Waals surface area contributed by atoms with E-state index < -0.39 is 5.60 Å². The van der Waals surface area contributed by atoms with Crippen molar-refractivity contribution in [2.45, 2.75) is 83.8 Å². The Hall–Kier alpha value is -2.96. The molecule has 35 heavy (non-hydrogen) atoms. The average molecular weight is 483 g/mol. The molecule has 0 spiro atoms. The number of benzene rings is 1. The number of carbonyl (C=O) groups excluding carboxylic acids is 1. The third-order valence-electron chi connectivity index (χ3n) is 6.60. The summed E-state index contributed by atoms with van der Waals surface area (Å²) >= 11 is 0. The van der Waals surface area contributed by atoms with Crippen LogP contribution in [0.4, 0.5) is 4.79 Å². The first-order valence-corrected chi connectivity index (χ1v) is 12.8. The zero-order chi connectivity index (χ0) is 25.8. The number of amides is 1. The van der Waals surface area contributed by atoms with Crippen LogP contribution < -0.4 is 11.0 Å². The second-order valence-corrected chi connectivity index (χ2v) is 10.7. The van der Waals surface area contributed by atoms with Crippen molar-refractivity contribution >= 4 is 17.1 Å². The summed E-state index contributed by atoms with van der Waals surface area (Å²) in [5.74, 6) is 0. The van der Waals surface area contributed by atoms with E-state index in [4.69, 9.17) is 4.74 Å². The number of hydrogen-bond acceptors (Lipinski definition) is 4. The third kappa shape index (κ3) is 6.59. The summed E-state index contributed by atoms with van der Waals surface area (Å²) < 4.78 is 9.07. The maximum atomic E-state index is 13.2. The lowest BCUT2D eigenvalue weighted by Crippen LogP contribution is -2.34. The maximum absolute atomic E-state index is 13.2. The predicted molar refractivity (Wildman–Crippen MR) is 143 cm³/mol. The normalized spacial score (nSPS) is 16.4. The summed E-state index contributed by atoms with van der Waals surface area (Å²) in [5, 5.41) is 3.24. The number of fused-ring (bicyclic) bond motifs is 1. The highest BCUT2D eigenvalue weighted by Crippen LogP contribution is 2.30. The number of hydrogen-bond donors (Lipinski definition) is 1. The number of imidazole rings is 1. The highest BCUT2D eigenvalue weighted by atomic mass is 16.6. The molecule has 1 aromatic heterocycles. The van der Waals surface area contributed by atoms with Crippen molar-refractivity contribution in [3.8, 4) is 0 Å². The minimum absolute atomic E-state index is 0.00187. The molecule has 7 heteroatoms. The summed E-state index contributed by atoms with van der Waals surface area (Å²) in [7, 11) is 3.66. The molecular formula is C28H42N4O3. The lowest BCUT2D eigenvalue weighted by molar-refractivity contribution is 0.0296. The Morgan fingerprint density at radius 3 is 2.54 bits per heavy atom. The highest BCUT2D eigenvalue weighted by molar-refractivity contribution is 5.80. The summed E-state index contributed by atoms with van der Waals surface area (Å²) in [6.45, 7) is 14.5. The summed E-state index contributed by atoms with van der Waals surface area (Å²) in [5.41, 5.74) is 4.53. The molecule has 2 aromatic rings. The van der Waals surface area contributed by atoms with Crippen molar-refractivity contribution in [2.75, 3.05) is 13.6 Å². The Bertz CT molecular complexity index is 1140. The van der Waals surface area contributed by atoms with Gasteiger partial charge in [-0.25, -0.2) is 9.59 Å². The second-order valence-electron chi connectivity index (χ2n) is 10.7. The van der Waals surface area contributed by atoms with Crippen molar-refractivity contribution in [3.05, 3.63) is 58.8 Å². The summed E-state index contributed by atoms with van der Waals surface area (Å²) in [6.07, 6.45) is 7.69. The van der Waals surface area contributed by atoms with E-state index in [9.17, 15) is 9.59 Å². The lowest BCUT2D eigenvalue weighted by atomic mass is 10.0. The zero-order valence-corrected chi connectivity index (χ0v) is 22.2. The fraction of sp³-hybridized carbons (Fsp3) is 0.571. The summed E-state index contributed by atoms with van der Waals surface area (Å²) in [4.78, 5) is 26.9. The minimum atomic E-state index is -0.463. The van der Waals surface area contributed by atoms with Crippen molar-refractivity contribution in [1.82, 2.24) is 19.4 Å². The van der Waals surface area contributed by atoms with Crippen LogP contribution in [0.25, 0.3) is 11.0 Å². The Kier molecular flexibility index (Phi) is 8.51. The molecule has 1 fully saturated rings. The number of aryl methyl sites for hydroxylation is 2. The van der Waals surface area contributed by atoms with Gasteiger partial charge in [0.1, 0.15) is 5.60 Å². The van der Waals surface area contributed by atoms with Gasteiger partial charge in [-0.1, -0.05) is 44.6 Å². The van der Waals surface area contributed by atoms with Gasteiger partial charge in [0.25, 0.3) is 0 Å². The topological polar surface area (TPSA) is 68.5 Å². The Morgan fingerprint density at radius 2 is 1.86 bits per heavy atom. The van der Waals surface area contributed by atoms with Gasteiger partial charge in [0.05, 0.1) is 17.1 Å². The largest absolute Gasteiger partial charge is 0.444 e. The number of nitrogens with zero attached hydrogens (tertiary/aromatic N) is 3. The fourth-order valence-electron chi connectivity index (χ4n) is 4.79. The van der Waals surface area contributed by atoms with E-state index in [0.29, 0.717) is 6.54 Å². The van der Waals surface area contributed by atoms with Crippen LogP contribution in [0.5, 0.6) is 0 Å². The minimum Gasteiger partial charge on any atom is -0.444 e. The Morgan fingerprint density at radius 1 is 1.17 bits per heavy atom. The first-order chi connectivity index (χ1) is 16.5. The van der Waals surface area contributed by atoms with Crippen LogP contribution in [0, 0.1) is 0 Å². The number of piperidine rings is 1. The number of unbranched alkanes of at least 4 members (excludes halogenated alkanes) is 4. The molecule has 1 atom stereocenters. The molecule has 0 aliphatic carbocycles. The van der Waals surface area contributed by atoms with Gasteiger partial charge in [0, 0.05) is 32.0 Å². The third-order valence-corrected chi connectivity index (χ3v) is 6.60. The van der Waals surface area contributed by atoms with E-state index in [0.717, 1.165) is 73.8 Å². The number of ether oxygens (including phenoxy) is 1.